The number of hydrogen-bond acceptors (Lipinski definition) is 5. The van der Waals surface area contributed by atoms with Crippen molar-refractivity contribution in [3.05, 3.63) is 34.8 Å². The van der Waals surface area contributed by atoms with Gasteiger partial charge in [0.05, 0.1) is 17.1 Å². The van der Waals surface area contributed by atoms with E-state index in [-0.39, 0.29) is 6.04 Å². The predicted octanol–water partition coefficient (Wildman–Crippen LogP) is 3.06. The Morgan fingerprint density at radius 1 is 1.25 bits per heavy atom. The first kappa shape index (κ1) is 13.4. The standard InChI is InChI=1S/C15H20N4S/c1-10(16)14-11(2)17-15(20-14)19-9-8-18(3)12-6-4-5-7-13(12)19/h4-7,10H,8-9,16H2,1-3H3. The molecule has 0 amide bonds. The molecule has 1 unspecified atom stereocenters. The van der Waals surface area contributed by atoms with Crippen molar-refractivity contribution in [2.45, 2.75) is 19.9 Å². The molecule has 2 aromatic rings. The third-order valence-corrected chi connectivity index (χ3v) is 5.09. The molecule has 4 nitrogen and oxygen atoms in total. The number of fused-ring (bicyclic) bond motifs is 1. The van der Waals surface area contributed by atoms with Gasteiger partial charge in [-0.2, -0.15) is 0 Å². The highest BCUT2D eigenvalue weighted by molar-refractivity contribution is 7.15. The van der Waals surface area contributed by atoms with Crippen LogP contribution >= 0.6 is 11.3 Å². The number of aryl methyl sites for hydroxylation is 1. The van der Waals surface area contributed by atoms with Gasteiger partial charge in [0.1, 0.15) is 0 Å². The van der Waals surface area contributed by atoms with Gasteiger partial charge in [-0.1, -0.05) is 23.5 Å². The molecule has 1 aliphatic rings. The second-order valence-electron chi connectivity index (χ2n) is 5.30. The van der Waals surface area contributed by atoms with Crippen molar-refractivity contribution in [2.75, 3.05) is 29.9 Å². The summed E-state index contributed by atoms with van der Waals surface area (Å²) in [6.07, 6.45) is 0. The van der Waals surface area contributed by atoms with Gasteiger partial charge < -0.3 is 15.5 Å². The van der Waals surface area contributed by atoms with Crippen molar-refractivity contribution in [1.82, 2.24) is 4.98 Å². The zero-order valence-corrected chi connectivity index (χ0v) is 12.9. The summed E-state index contributed by atoms with van der Waals surface area (Å²) in [7, 11) is 2.14. The van der Waals surface area contributed by atoms with Crippen LogP contribution in [-0.2, 0) is 0 Å². The van der Waals surface area contributed by atoms with Crippen molar-refractivity contribution in [3.8, 4) is 0 Å². The molecular formula is C15H20N4S. The third kappa shape index (κ3) is 2.17. The lowest BCUT2D eigenvalue weighted by molar-refractivity contribution is 0.815. The van der Waals surface area contributed by atoms with Gasteiger partial charge in [-0.15, -0.1) is 0 Å². The van der Waals surface area contributed by atoms with E-state index in [2.05, 4.69) is 41.1 Å². The normalized spacial score (nSPS) is 16.2. The summed E-state index contributed by atoms with van der Waals surface area (Å²) in [5.74, 6) is 0. The fraction of sp³-hybridized carbons (Fsp3) is 0.400. The Balaban J connectivity index is 2.03. The molecule has 0 radical (unpaired) electrons. The Labute approximate surface area is 123 Å². The molecule has 0 aliphatic carbocycles. The molecule has 0 bridgehead atoms. The van der Waals surface area contributed by atoms with E-state index in [4.69, 9.17) is 10.7 Å². The van der Waals surface area contributed by atoms with Gasteiger partial charge in [0.25, 0.3) is 0 Å². The van der Waals surface area contributed by atoms with Crippen LogP contribution in [0, 0.1) is 6.92 Å². The highest BCUT2D eigenvalue weighted by Gasteiger charge is 2.24. The molecule has 0 fully saturated rings. The van der Waals surface area contributed by atoms with Gasteiger partial charge in [0, 0.05) is 31.1 Å². The van der Waals surface area contributed by atoms with Crippen LogP contribution in [0.15, 0.2) is 24.3 Å². The van der Waals surface area contributed by atoms with E-state index in [0.717, 1.165) is 23.9 Å². The van der Waals surface area contributed by atoms with Crippen molar-refractivity contribution < 1.29 is 0 Å². The lowest BCUT2D eigenvalue weighted by Gasteiger charge is -2.35. The summed E-state index contributed by atoms with van der Waals surface area (Å²) in [5.41, 5.74) is 9.56. The highest BCUT2D eigenvalue weighted by atomic mass is 32.1. The average molecular weight is 288 g/mol. The molecule has 20 heavy (non-hydrogen) atoms. The summed E-state index contributed by atoms with van der Waals surface area (Å²) in [6, 6.07) is 8.53. The van der Waals surface area contributed by atoms with E-state index in [9.17, 15) is 0 Å². The Hall–Kier alpha value is -1.59. The maximum atomic E-state index is 6.02. The first-order chi connectivity index (χ1) is 9.58. The molecule has 0 saturated carbocycles. The Kier molecular flexibility index (Phi) is 3.40. The number of thiazole rings is 1. The average Bonchev–Trinajstić information content (AvgIpc) is 2.81. The van der Waals surface area contributed by atoms with Gasteiger partial charge in [-0.05, 0) is 26.0 Å². The van der Waals surface area contributed by atoms with Crippen molar-refractivity contribution >= 4 is 27.8 Å². The zero-order chi connectivity index (χ0) is 14.3. The molecular weight excluding hydrogens is 268 g/mol. The molecule has 3 rings (SSSR count). The smallest absolute Gasteiger partial charge is 0.190 e. The second-order valence-corrected chi connectivity index (χ2v) is 6.31. The first-order valence-electron chi connectivity index (χ1n) is 6.88. The molecule has 1 aromatic heterocycles. The molecule has 2 heterocycles. The number of nitrogens with two attached hydrogens (primary N) is 1. The number of aromatic nitrogens is 1. The number of nitrogens with zero attached hydrogens (tertiary/aromatic N) is 3. The fourth-order valence-electron chi connectivity index (χ4n) is 2.64. The summed E-state index contributed by atoms with van der Waals surface area (Å²) in [5, 5.41) is 1.05. The van der Waals surface area contributed by atoms with E-state index < -0.39 is 0 Å². The largest absolute Gasteiger partial charge is 0.371 e. The first-order valence-corrected chi connectivity index (χ1v) is 7.70. The van der Waals surface area contributed by atoms with Crippen LogP contribution < -0.4 is 15.5 Å². The maximum absolute atomic E-state index is 6.02. The highest BCUT2D eigenvalue weighted by Crippen LogP contribution is 2.39. The van der Waals surface area contributed by atoms with E-state index >= 15 is 0 Å². The molecule has 1 atom stereocenters. The molecule has 0 spiro atoms. The van der Waals surface area contributed by atoms with E-state index in [1.165, 1.54) is 16.3 Å². The number of benzene rings is 1. The van der Waals surface area contributed by atoms with Gasteiger partial charge in [-0.3, -0.25) is 0 Å². The van der Waals surface area contributed by atoms with Gasteiger partial charge >= 0.3 is 0 Å². The van der Waals surface area contributed by atoms with Crippen LogP contribution in [-0.4, -0.2) is 25.1 Å². The molecule has 1 aliphatic heterocycles. The lowest BCUT2D eigenvalue weighted by Crippen LogP contribution is -2.36. The van der Waals surface area contributed by atoms with E-state index in [0.29, 0.717) is 0 Å². The predicted molar refractivity (Wildman–Crippen MR) is 86.2 cm³/mol. The minimum absolute atomic E-state index is 0.0453. The Morgan fingerprint density at radius 2 is 1.95 bits per heavy atom. The Morgan fingerprint density at radius 3 is 2.60 bits per heavy atom. The van der Waals surface area contributed by atoms with Gasteiger partial charge in [0.2, 0.25) is 0 Å². The van der Waals surface area contributed by atoms with Crippen molar-refractivity contribution in [2.24, 2.45) is 5.73 Å². The third-order valence-electron chi connectivity index (χ3n) is 3.71. The molecule has 2 N–H and O–H groups in total. The minimum Gasteiger partial charge on any atom is -0.371 e. The van der Waals surface area contributed by atoms with E-state index in [1.807, 2.05) is 13.8 Å². The quantitative estimate of drug-likeness (QED) is 0.922. The van der Waals surface area contributed by atoms with E-state index in [1.54, 1.807) is 11.3 Å². The fourth-order valence-corrected chi connectivity index (χ4v) is 3.69. The van der Waals surface area contributed by atoms with Gasteiger partial charge in [0.15, 0.2) is 5.13 Å². The molecule has 5 heteroatoms. The molecule has 1 aromatic carbocycles. The van der Waals surface area contributed by atoms with Crippen LogP contribution in [0.25, 0.3) is 0 Å². The summed E-state index contributed by atoms with van der Waals surface area (Å²) < 4.78 is 0. The zero-order valence-electron chi connectivity index (χ0n) is 12.1. The number of likely N-dealkylation sites (N-methyl/N-ethyl adjacent to an activating group) is 1. The maximum Gasteiger partial charge on any atom is 0.190 e. The molecule has 106 valence electrons. The topological polar surface area (TPSA) is 45.4 Å². The van der Waals surface area contributed by atoms with Crippen molar-refractivity contribution in [3.63, 3.8) is 0 Å². The summed E-state index contributed by atoms with van der Waals surface area (Å²) in [6.45, 7) is 6.02. The van der Waals surface area contributed by atoms with Crippen LogP contribution in [0.5, 0.6) is 0 Å². The summed E-state index contributed by atoms with van der Waals surface area (Å²) >= 11 is 1.71. The van der Waals surface area contributed by atoms with Crippen LogP contribution in [0.2, 0.25) is 0 Å². The second kappa shape index (κ2) is 5.07. The number of anilines is 3. The summed E-state index contributed by atoms with van der Waals surface area (Å²) in [4.78, 5) is 10.5. The van der Waals surface area contributed by atoms with Crippen molar-refractivity contribution in [1.29, 1.82) is 0 Å². The molecule has 0 saturated heterocycles. The lowest BCUT2D eigenvalue weighted by atomic mass is 10.2. The number of para-hydroxylation sites is 2. The number of hydrogen-bond donors (Lipinski definition) is 1. The minimum atomic E-state index is 0.0453. The Bertz CT molecular complexity index is 620. The van der Waals surface area contributed by atoms with Crippen LogP contribution in [0.1, 0.15) is 23.5 Å². The number of rotatable bonds is 2. The van der Waals surface area contributed by atoms with Gasteiger partial charge in [-0.25, -0.2) is 4.98 Å². The monoisotopic (exact) mass is 288 g/mol. The SMILES string of the molecule is Cc1nc(N2CCN(C)c3ccccc32)sc1C(C)N. The van der Waals surface area contributed by atoms with Crippen LogP contribution in [0.3, 0.4) is 0 Å². The van der Waals surface area contributed by atoms with Crippen LogP contribution in [0.4, 0.5) is 16.5 Å².